The van der Waals surface area contributed by atoms with Crippen LogP contribution in [-0.4, -0.2) is 25.1 Å². The first-order valence-electron chi connectivity index (χ1n) is 5.92. The summed E-state index contributed by atoms with van der Waals surface area (Å²) in [6.45, 7) is 4.69. The van der Waals surface area contributed by atoms with Gasteiger partial charge in [-0.05, 0) is 25.5 Å². The lowest BCUT2D eigenvalue weighted by Gasteiger charge is -2.09. The van der Waals surface area contributed by atoms with Crippen LogP contribution in [0.5, 0.6) is 0 Å². The number of ether oxygens (including phenoxy) is 1. The van der Waals surface area contributed by atoms with E-state index in [4.69, 9.17) is 4.74 Å². The Labute approximate surface area is 106 Å². The van der Waals surface area contributed by atoms with E-state index in [0.29, 0.717) is 13.2 Å². The summed E-state index contributed by atoms with van der Waals surface area (Å²) in [5.74, 6) is -1.13. The van der Waals surface area contributed by atoms with Crippen molar-refractivity contribution in [1.29, 1.82) is 0 Å². The SMILES string of the molecule is CCCN=C(NC(=O)c1ccccc1F)OCC. The molecule has 0 bridgehead atoms. The van der Waals surface area contributed by atoms with E-state index in [9.17, 15) is 9.18 Å². The summed E-state index contributed by atoms with van der Waals surface area (Å²) in [5.41, 5.74) is -0.0265. The van der Waals surface area contributed by atoms with Gasteiger partial charge in [0.15, 0.2) is 0 Å². The lowest BCUT2D eigenvalue weighted by atomic mass is 10.2. The average molecular weight is 252 g/mol. The second-order valence-electron chi connectivity index (χ2n) is 3.55. The highest BCUT2D eigenvalue weighted by Crippen LogP contribution is 2.05. The van der Waals surface area contributed by atoms with E-state index in [-0.39, 0.29) is 11.6 Å². The first kappa shape index (κ1) is 14.2. The van der Waals surface area contributed by atoms with E-state index in [1.807, 2.05) is 6.92 Å². The monoisotopic (exact) mass is 252 g/mol. The largest absolute Gasteiger partial charge is 0.465 e. The zero-order chi connectivity index (χ0) is 13.4. The minimum Gasteiger partial charge on any atom is -0.465 e. The van der Waals surface area contributed by atoms with E-state index in [1.54, 1.807) is 13.0 Å². The lowest BCUT2D eigenvalue weighted by Crippen LogP contribution is -2.33. The molecule has 1 amide bonds. The van der Waals surface area contributed by atoms with Gasteiger partial charge in [-0.25, -0.2) is 9.38 Å². The summed E-state index contributed by atoms with van der Waals surface area (Å²) in [4.78, 5) is 15.9. The van der Waals surface area contributed by atoms with Crippen LogP contribution in [0.15, 0.2) is 29.3 Å². The standard InChI is InChI=1S/C13H17FN2O2/c1-3-9-15-13(18-4-2)16-12(17)10-7-5-6-8-11(10)14/h5-8H,3-4,9H2,1-2H3,(H,15,16,17). The van der Waals surface area contributed by atoms with Crippen LogP contribution >= 0.6 is 0 Å². The molecule has 1 rings (SSSR count). The fourth-order valence-electron chi connectivity index (χ4n) is 1.28. The number of amidine groups is 1. The molecular formula is C13H17FN2O2. The Morgan fingerprint density at radius 3 is 2.72 bits per heavy atom. The fraction of sp³-hybridized carbons (Fsp3) is 0.385. The number of benzene rings is 1. The molecule has 0 aromatic heterocycles. The highest BCUT2D eigenvalue weighted by Gasteiger charge is 2.13. The average Bonchev–Trinajstić information content (AvgIpc) is 2.36. The molecule has 0 aliphatic carbocycles. The molecule has 0 heterocycles. The van der Waals surface area contributed by atoms with Crippen LogP contribution in [-0.2, 0) is 4.74 Å². The smallest absolute Gasteiger partial charge is 0.291 e. The molecule has 18 heavy (non-hydrogen) atoms. The van der Waals surface area contributed by atoms with E-state index < -0.39 is 11.7 Å². The summed E-state index contributed by atoms with van der Waals surface area (Å²) in [7, 11) is 0. The Kier molecular flexibility index (Phi) is 5.84. The van der Waals surface area contributed by atoms with Crippen molar-refractivity contribution in [3.05, 3.63) is 35.6 Å². The maximum absolute atomic E-state index is 13.4. The molecule has 0 spiro atoms. The molecule has 0 unspecified atom stereocenters. The van der Waals surface area contributed by atoms with Crippen LogP contribution in [0.2, 0.25) is 0 Å². The first-order chi connectivity index (χ1) is 8.69. The third kappa shape index (κ3) is 4.16. The predicted octanol–water partition coefficient (Wildman–Crippen LogP) is 2.36. The number of carbonyl (C=O) groups excluding carboxylic acids is 1. The molecule has 0 aliphatic heterocycles. The fourth-order valence-corrected chi connectivity index (χ4v) is 1.28. The second-order valence-corrected chi connectivity index (χ2v) is 3.55. The number of nitrogens with zero attached hydrogens (tertiary/aromatic N) is 1. The van der Waals surface area contributed by atoms with E-state index in [1.165, 1.54) is 18.2 Å². The lowest BCUT2D eigenvalue weighted by molar-refractivity contribution is 0.0962. The number of aliphatic imine (C=N–C) groups is 1. The molecule has 5 heteroatoms. The van der Waals surface area contributed by atoms with Crippen molar-refractivity contribution < 1.29 is 13.9 Å². The highest BCUT2D eigenvalue weighted by atomic mass is 19.1. The predicted molar refractivity (Wildman–Crippen MR) is 68.1 cm³/mol. The normalized spacial score (nSPS) is 11.2. The molecule has 1 aromatic carbocycles. The number of hydrogen-bond acceptors (Lipinski definition) is 3. The third-order valence-corrected chi connectivity index (χ3v) is 2.10. The number of carbonyl (C=O) groups is 1. The van der Waals surface area contributed by atoms with Gasteiger partial charge in [-0.1, -0.05) is 19.1 Å². The number of amides is 1. The molecule has 1 aromatic rings. The van der Waals surface area contributed by atoms with Crippen molar-refractivity contribution in [2.75, 3.05) is 13.2 Å². The Morgan fingerprint density at radius 2 is 2.11 bits per heavy atom. The molecule has 98 valence electrons. The van der Waals surface area contributed by atoms with Crippen LogP contribution in [0.25, 0.3) is 0 Å². The van der Waals surface area contributed by atoms with Crippen molar-refractivity contribution in [3.8, 4) is 0 Å². The third-order valence-electron chi connectivity index (χ3n) is 2.10. The van der Waals surface area contributed by atoms with Gasteiger partial charge in [0.25, 0.3) is 11.9 Å². The van der Waals surface area contributed by atoms with Crippen LogP contribution < -0.4 is 5.32 Å². The topological polar surface area (TPSA) is 50.7 Å². The van der Waals surface area contributed by atoms with Crippen molar-refractivity contribution in [2.24, 2.45) is 4.99 Å². The van der Waals surface area contributed by atoms with E-state index >= 15 is 0 Å². The Hall–Kier alpha value is -1.91. The molecular weight excluding hydrogens is 235 g/mol. The van der Waals surface area contributed by atoms with Crippen molar-refractivity contribution >= 4 is 11.9 Å². The van der Waals surface area contributed by atoms with Gasteiger partial charge < -0.3 is 4.74 Å². The van der Waals surface area contributed by atoms with Gasteiger partial charge >= 0.3 is 0 Å². The van der Waals surface area contributed by atoms with Crippen molar-refractivity contribution in [3.63, 3.8) is 0 Å². The van der Waals surface area contributed by atoms with Crippen LogP contribution in [0.1, 0.15) is 30.6 Å². The summed E-state index contributed by atoms with van der Waals surface area (Å²) >= 11 is 0. The quantitative estimate of drug-likeness (QED) is 0.660. The molecule has 0 aliphatic rings. The summed E-state index contributed by atoms with van der Waals surface area (Å²) in [5, 5.41) is 2.46. The van der Waals surface area contributed by atoms with Gasteiger partial charge in [0.05, 0.1) is 12.2 Å². The molecule has 0 atom stereocenters. The van der Waals surface area contributed by atoms with Gasteiger partial charge in [-0.15, -0.1) is 0 Å². The molecule has 0 fully saturated rings. The Morgan fingerprint density at radius 1 is 1.39 bits per heavy atom. The summed E-state index contributed by atoms with van der Waals surface area (Å²) in [6, 6.07) is 5.90. The zero-order valence-corrected chi connectivity index (χ0v) is 10.6. The number of rotatable bonds is 4. The summed E-state index contributed by atoms with van der Waals surface area (Å²) < 4.78 is 18.6. The molecule has 0 radical (unpaired) electrons. The maximum atomic E-state index is 13.4. The zero-order valence-electron chi connectivity index (χ0n) is 10.6. The first-order valence-corrected chi connectivity index (χ1v) is 5.92. The van der Waals surface area contributed by atoms with Gasteiger partial charge in [-0.2, -0.15) is 0 Å². The Bertz CT molecular complexity index is 433. The van der Waals surface area contributed by atoms with Gasteiger partial charge in [0, 0.05) is 6.54 Å². The van der Waals surface area contributed by atoms with E-state index in [0.717, 1.165) is 6.42 Å². The second kappa shape index (κ2) is 7.42. The minimum absolute atomic E-state index is 0.0265. The van der Waals surface area contributed by atoms with Gasteiger partial charge in [0.2, 0.25) is 0 Å². The maximum Gasteiger partial charge on any atom is 0.291 e. The molecule has 4 nitrogen and oxygen atoms in total. The number of halogens is 1. The molecule has 0 saturated carbocycles. The van der Waals surface area contributed by atoms with E-state index in [2.05, 4.69) is 10.3 Å². The van der Waals surface area contributed by atoms with Crippen LogP contribution in [0, 0.1) is 5.82 Å². The van der Waals surface area contributed by atoms with Gasteiger partial charge in [-0.3, -0.25) is 10.1 Å². The van der Waals surface area contributed by atoms with Crippen LogP contribution in [0.3, 0.4) is 0 Å². The number of hydrogen-bond donors (Lipinski definition) is 1. The highest BCUT2D eigenvalue weighted by molar-refractivity contribution is 6.04. The molecule has 1 N–H and O–H groups in total. The summed E-state index contributed by atoms with van der Waals surface area (Å²) in [6.07, 6.45) is 0.839. The Balaban J connectivity index is 2.75. The minimum atomic E-state index is -0.568. The van der Waals surface area contributed by atoms with Gasteiger partial charge in [0.1, 0.15) is 5.82 Å². The molecule has 0 saturated heterocycles. The number of nitrogens with one attached hydrogen (secondary N) is 1. The van der Waals surface area contributed by atoms with Crippen molar-refractivity contribution in [2.45, 2.75) is 20.3 Å². The van der Waals surface area contributed by atoms with Crippen molar-refractivity contribution in [1.82, 2.24) is 5.32 Å². The van der Waals surface area contributed by atoms with Crippen LogP contribution in [0.4, 0.5) is 4.39 Å².